The normalized spacial score (nSPS) is 25.9. The van der Waals surface area contributed by atoms with Gasteiger partial charge in [0.15, 0.2) is 6.40 Å². The van der Waals surface area contributed by atoms with Crippen LogP contribution in [0.15, 0.2) is 4.99 Å². The maximum absolute atomic E-state index is 4.89. The molecular formula is C6H10NO. The Morgan fingerprint density at radius 1 is 1.88 bits per heavy atom. The Labute approximate surface area is 49.6 Å². The molecule has 0 fully saturated rings. The van der Waals surface area contributed by atoms with Crippen LogP contribution in [-0.2, 0) is 4.74 Å². The molecule has 0 N–H and O–H groups in total. The topological polar surface area (TPSA) is 21.6 Å². The van der Waals surface area contributed by atoms with Crippen LogP contribution in [0.25, 0.3) is 0 Å². The molecule has 0 unspecified atom stereocenters. The molecule has 8 heavy (non-hydrogen) atoms. The van der Waals surface area contributed by atoms with E-state index in [1.54, 1.807) is 0 Å². The molecule has 0 aromatic rings. The number of ether oxygens (including phenoxy) is 1. The van der Waals surface area contributed by atoms with Crippen molar-refractivity contribution < 1.29 is 4.74 Å². The lowest BCUT2D eigenvalue weighted by molar-refractivity contribution is 0.322. The molecule has 1 atom stereocenters. The fourth-order valence-corrected chi connectivity index (χ4v) is 0.720. The van der Waals surface area contributed by atoms with Crippen molar-refractivity contribution in [1.82, 2.24) is 0 Å². The van der Waals surface area contributed by atoms with Gasteiger partial charge in [-0.05, 0) is 6.42 Å². The third kappa shape index (κ3) is 1.22. The first kappa shape index (κ1) is 5.60. The van der Waals surface area contributed by atoms with Gasteiger partial charge in [0.1, 0.15) is 6.61 Å². The minimum Gasteiger partial charge on any atom is -0.481 e. The van der Waals surface area contributed by atoms with Gasteiger partial charge in [0.25, 0.3) is 0 Å². The van der Waals surface area contributed by atoms with Crippen LogP contribution in [0, 0.1) is 6.92 Å². The summed E-state index contributed by atoms with van der Waals surface area (Å²) in [6, 6.07) is 0.396. The van der Waals surface area contributed by atoms with Gasteiger partial charge in [-0.3, -0.25) is 4.99 Å². The molecule has 0 saturated carbocycles. The van der Waals surface area contributed by atoms with Crippen LogP contribution in [0.3, 0.4) is 0 Å². The first-order valence-electron chi connectivity index (χ1n) is 2.86. The van der Waals surface area contributed by atoms with Crippen molar-refractivity contribution in [3.05, 3.63) is 6.92 Å². The molecule has 0 aliphatic carbocycles. The lowest BCUT2D eigenvalue weighted by Crippen LogP contribution is -2.04. The van der Waals surface area contributed by atoms with Crippen LogP contribution < -0.4 is 0 Å². The van der Waals surface area contributed by atoms with Gasteiger partial charge in [-0.15, -0.1) is 0 Å². The zero-order valence-electron chi connectivity index (χ0n) is 4.84. The Morgan fingerprint density at radius 3 is 3.25 bits per heavy atom. The van der Waals surface area contributed by atoms with Gasteiger partial charge in [-0.25, -0.2) is 0 Å². The highest BCUT2D eigenvalue weighted by Gasteiger charge is 2.08. The van der Waals surface area contributed by atoms with Gasteiger partial charge >= 0.3 is 0 Å². The molecule has 2 heteroatoms. The molecule has 0 amide bonds. The van der Waals surface area contributed by atoms with E-state index in [4.69, 9.17) is 4.74 Å². The van der Waals surface area contributed by atoms with Crippen LogP contribution in [0.2, 0.25) is 0 Å². The standard InChI is InChI=1S/C6H10NO/c1-2-3-6-4-8-5-7-6/h5-6H,1-4H2/t6-/m1/s1. The molecule has 0 aromatic heterocycles. The molecule has 0 bridgehead atoms. The summed E-state index contributed by atoms with van der Waals surface area (Å²) in [5.41, 5.74) is 0. The minimum atomic E-state index is 0.396. The largest absolute Gasteiger partial charge is 0.481 e. The molecular weight excluding hydrogens is 102 g/mol. The van der Waals surface area contributed by atoms with Gasteiger partial charge in [0, 0.05) is 0 Å². The number of hydrogen-bond donors (Lipinski definition) is 0. The summed E-state index contributed by atoms with van der Waals surface area (Å²) in [7, 11) is 0. The van der Waals surface area contributed by atoms with Crippen LogP contribution in [0.5, 0.6) is 0 Å². The van der Waals surface area contributed by atoms with E-state index < -0.39 is 0 Å². The van der Waals surface area contributed by atoms with Crippen LogP contribution >= 0.6 is 0 Å². The van der Waals surface area contributed by atoms with Crippen molar-refractivity contribution in [2.24, 2.45) is 4.99 Å². The monoisotopic (exact) mass is 112 g/mol. The van der Waals surface area contributed by atoms with Crippen molar-refractivity contribution in [1.29, 1.82) is 0 Å². The molecule has 1 aliphatic heterocycles. The molecule has 1 radical (unpaired) electrons. The molecule has 0 spiro atoms. The van der Waals surface area contributed by atoms with E-state index in [1.807, 2.05) is 0 Å². The maximum atomic E-state index is 4.89. The van der Waals surface area contributed by atoms with Gasteiger partial charge < -0.3 is 4.74 Å². The molecule has 2 nitrogen and oxygen atoms in total. The third-order valence-electron chi connectivity index (χ3n) is 1.17. The second-order valence-corrected chi connectivity index (χ2v) is 1.88. The third-order valence-corrected chi connectivity index (χ3v) is 1.17. The Kier molecular flexibility index (Phi) is 1.89. The summed E-state index contributed by atoms with van der Waals surface area (Å²) in [6.45, 7) is 4.48. The Hall–Kier alpha value is -0.530. The fourth-order valence-electron chi connectivity index (χ4n) is 0.720. The lowest BCUT2D eigenvalue weighted by atomic mass is 10.2. The van der Waals surface area contributed by atoms with Crippen LogP contribution in [0.1, 0.15) is 12.8 Å². The summed E-state index contributed by atoms with van der Waals surface area (Å²) >= 11 is 0. The molecule has 1 aliphatic rings. The highest BCUT2D eigenvalue weighted by Crippen LogP contribution is 2.04. The SMILES string of the molecule is [CH2]CC[C@@H]1COC=N1. The van der Waals surface area contributed by atoms with Crippen molar-refractivity contribution in [3.63, 3.8) is 0 Å². The second-order valence-electron chi connectivity index (χ2n) is 1.88. The van der Waals surface area contributed by atoms with Crippen molar-refractivity contribution in [2.45, 2.75) is 18.9 Å². The zero-order valence-corrected chi connectivity index (χ0v) is 4.84. The molecule has 1 rings (SSSR count). The molecule has 1 heterocycles. The summed E-state index contributed by atoms with van der Waals surface area (Å²) in [6.07, 6.45) is 3.53. The first-order valence-corrected chi connectivity index (χ1v) is 2.86. The van der Waals surface area contributed by atoms with E-state index >= 15 is 0 Å². The van der Waals surface area contributed by atoms with E-state index in [0.717, 1.165) is 19.4 Å². The summed E-state index contributed by atoms with van der Waals surface area (Å²) < 4.78 is 4.89. The van der Waals surface area contributed by atoms with Crippen molar-refractivity contribution in [2.75, 3.05) is 6.61 Å². The van der Waals surface area contributed by atoms with E-state index in [1.165, 1.54) is 6.40 Å². The van der Waals surface area contributed by atoms with E-state index in [0.29, 0.717) is 6.04 Å². The quantitative estimate of drug-likeness (QED) is 0.522. The van der Waals surface area contributed by atoms with Gasteiger partial charge in [0.2, 0.25) is 0 Å². The Balaban J connectivity index is 2.16. The highest BCUT2D eigenvalue weighted by molar-refractivity contribution is 5.48. The lowest BCUT2D eigenvalue weighted by Gasteiger charge is -1.99. The van der Waals surface area contributed by atoms with Gasteiger partial charge in [-0.2, -0.15) is 0 Å². The number of aliphatic imine (C=N–C) groups is 1. The van der Waals surface area contributed by atoms with E-state index in [9.17, 15) is 0 Å². The van der Waals surface area contributed by atoms with Crippen LogP contribution in [-0.4, -0.2) is 19.0 Å². The summed E-state index contributed by atoms with van der Waals surface area (Å²) in [5.74, 6) is 0. The van der Waals surface area contributed by atoms with Gasteiger partial charge in [-0.1, -0.05) is 13.3 Å². The second kappa shape index (κ2) is 2.70. The highest BCUT2D eigenvalue weighted by atomic mass is 16.5. The van der Waals surface area contributed by atoms with E-state index in [2.05, 4.69) is 11.9 Å². The van der Waals surface area contributed by atoms with Crippen molar-refractivity contribution in [3.8, 4) is 0 Å². The number of nitrogens with zero attached hydrogens (tertiary/aromatic N) is 1. The number of hydrogen-bond acceptors (Lipinski definition) is 2. The summed E-state index contributed by atoms with van der Waals surface area (Å²) in [4.78, 5) is 4.04. The summed E-state index contributed by atoms with van der Waals surface area (Å²) in [5, 5.41) is 0. The zero-order chi connectivity index (χ0) is 5.82. The molecule has 45 valence electrons. The Bertz CT molecular complexity index is 90.5. The molecule has 0 saturated heterocycles. The van der Waals surface area contributed by atoms with Crippen molar-refractivity contribution >= 4 is 6.40 Å². The average molecular weight is 112 g/mol. The van der Waals surface area contributed by atoms with E-state index in [-0.39, 0.29) is 0 Å². The predicted molar refractivity (Wildman–Crippen MR) is 32.8 cm³/mol. The van der Waals surface area contributed by atoms with Gasteiger partial charge in [0.05, 0.1) is 6.04 Å². The number of rotatable bonds is 2. The molecule has 0 aromatic carbocycles. The predicted octanol–water partition coefficient (Wildman–Crippen LogP) is 1.03. The van der Waals surface area contributed by atoms with Crippen LogP contribution in [0.4, 0.5) is 0 Å². The first-order chi connectivity index (χ1) is 3.93. The maximum Gasteiger partial charge on any atom is 0.169 e. The smallest absolute Gasteiger partial charge is 0.169 e. The minimum absolute atomic E-state index is 0.396. The fraction of sp³-hybridized carbons (Fsp3) is 0.667. The average Bonchev–Trinajstić information content (AvgIpc) is 2.19. The Morgan fingerprint density at radius 2 is 2.75 bits per heavy atom.